The maximum absolute atomic E-state index is 5.58. The van der Waals surface area contributed by atoms with Gasteiger partial charge < -0.3 is 5.73 Å². The normalized spacial score (nSPS) is 11.5. The molecule has 0 unspecified atom stereocenters. The standard InChI is InChI=1S/C10H15N5/c1-7(2)13-10(15-12-3)8-5-4-6-9(11)14-8/h4-7H,3H2,1-2H3,(H2,11,14)(H,13,15). The van der Waals surface area contributed by atoms with E-state index in [2.05, 4.69) is 27.2 Å². The predicted molar refractivity (Wildman–Crippen MR) is 63.0 cm³/mol. The van der Waals surface area contributed by atoms with Crippen LogP contribution in [0.25, 0.3) is 0 Å². The summed E-state index contributed by atoms with van der Waals surface area (Å²) < 4.78 is 0. The van der Waals surface area contributed by atoms with Crippen LogP contribution in [0, 0.1) is 0 Å². The van der Waals surface area contributed by atoms with Gasteiger partial charge in [0.25, 0.3) is 0 Å². The summed E-state index contributed by atoms with van der Waals surface area (Å²) in [4.78, 5) is 8.47. The topological polar surface area (TPSA) is 75.7 Å². The molecule has 0 saturated heterocycles. The molecule has 0 radical (unpaired) electrons. The Balaban J connectivity index is 3.04. The number of aliphatic imine (C=N–C) groups is 1. The molecule has 15 heavy (non-hydrogen) atoms. The average Bonchev–Trinajstić information content (AvgIpc) is 2.16. The fraction of sp³-hybridized carbons (Fsp3) is 0.300. The molecule has 3 N–H and O–H groups in total. The molecular formula is C10H15N5. The minimum absolute atomic E-state index is 0.150. The molecule has 0 amide bonds. The molecule has 0 atom stereocenters. The van der Waals surface area contributed by atoms with Crippen LogP contribution in [0.15, 0.2) is 28.3 Å². The van der Waals surface area contributed by atoms with E-state index in [-0.39, 0.29) is 6.04 Å². The highest BCUT2D eigenvalue weighted by Crippen LogP contribution is 2.02. The SMILES string of the molecule is C=NNC(=NC(C)C)c1cccc(N)n1. The summed E-state index contributed by atoms with van der Waals surface area (Å²) in [6, 6.07) is 5.50. The molecule has 80 valence electrons. The highest BCUT2D eigenvalue weighted by molar-refractivity contribution is 5.97. The summed E-state index contributed by atoms with van der Waals surface area (Å²) >= 11 is 0. The molecule has 0 bridgehead atoms. The summed E-state index contributed by atoms with van der Waals surface area (Å²) in [7, 11) is 0. The minimum atomic E-state index is 0.150. The van der Waals surface area contributed by atoms with Gasteiger partial charge in [-0.3, -0.25) is 10.4 Å². The zero-order valence-electron chi connectivity index (χ0n) is 8.94. The largest absolute Gasteiger partial charge is 0.384 e. The van der Waals surface area contributed by atoms with Crippen LogP contribution in [-0.4, -0.2) is 23.6 Å². The molecule has 1 heterocycles. The van der Waals surface area contributed by atoms with Crippen molar-refractivity contribution >= 4 is 18.4 Å². The number of pyridine rings is 1. The van der Waals surface area contributed by atoms with Crippen molar-refractivity contribution in [1.82, 2.24) is 10.4 Å². The van der Waals surface area contributed by atoms with Crippen molar-refractivity contribution in [2.24, 2.45) is 10.1 Å². The molecule has 5 heteroatoms. The number of anilines is 1. The molecule has 0 saturated carbocycles. The van der Waals surface area contributed by atoms with Crippen molar-refractivity contribution in [3.8, 4) is 0 Å². The summed E-state index contributed by atoms with van der Waals surface area (Å²) in [6.07, 6.45) is 0. The van der Waals surface area contributed by atoms with Gasteiger partial charge in [-0.1, -0.05) is 6.07 Å². The van der Waals surface area contributed by atoms with Crippen molar-refractivity contribution in [3.05, 3.63) is 23.9 Å². The second-order valence-electron chi connectivity index (χ2n) is 3.29. The zero-order valence-corrected chi connectivity index (χ0v) is 8.94. The van der Waals surface area contributed by atoms with Crippen molar-refractivity contribution in [1.29, 1.82) is 0 Å². The van der Waals surface area contributed by atoms with Gasteiger partial charge in [-0.05, 0) is 26.0 Å². The molecule has 0 fully saturated rings. The number of nitrogen functional groups attached to an aromatic ring is 1. The maximum Gasteiger partial charge on any atom is 0.168 e. The van der Waals surface area contributed by atoms with E-state index in [0.717, 1.165) is 0 Å². The first kappa shape index (κ1) is 11.2. The first-order valence-corrected chi connectivity index (χ1v) is 4.66. The number of amidine groups is 1. The molecule has 0 spiro atoms. The Morgan fingerprint density at radius 2 is 2.27 bits per heavy atom. The number of hydrogen-bond donors (Lipinski definition) is 2. The molecule has 0 aliphatic rings. The quantitative estimate of drug-likeness (QED) is 0.439. The lowest BCUT2D eigenvalue weighted by Gasteiger charge is -2.07. The Morgan fingerprint density at radius 1 is 1.53 bits per heavy atom. The molecule has 1 aromatic rings. The summed E-state index contributed by atoms with van der Waals surface area (Å²) in [5.41, 5.74) is 8.95. The van der Waals surface area contributed by atoms with Crippen molar-refractivity contribution in [3.63, 3.8) is 0 Å². The molecule has 0 aromatic carbocycles. The summed E-state index contributed by atoms with van der Waals surface area (Å²) in [5.74, 6) is 1.03. The Kier molecular flexibility index (Phi) is 3.79. The average molecular weight is 205 g/mol. The van der Waals surface area contributed by atoms with Gasteiger partial charge in [0.05, 0.1) is 0 Å². The Hall–Kier alpha value is -1.91. The number of nitrogens with zero attached hydrogens (tertiary/aromatic N) is 3. The van der Waals surface area contributed by atoms with Gasteiger partial charge >= 0.3 is 0 Å². The number of hydrogen-bond acceptors (Lipinski definition) is 4. The molecular weight excluding hydrogens is 190 g/mol. The molecule has 1 aromatic heterocycles. The number of aromatic nitrogens is 1. The third-order valence-electron chi connectivity index (χ3n) is 1.59. The van der Waals surface area contributed by atoms with Gasteiger partial charge in [0.1, 0.15) is 11.5 Å². The van der Waals surface area contributed by atoms with Crippen LogP contribution in [0.5, 0.6) is 0 Å². The fourth-order valence-electron chi connectivity index (χ4n) is 1.07. The van der Waals surface area contributed by atoms with E-state index in [1.807, 2.05) is 26.0 Å². The minimum Gasteiger partial charge on any atom is -0.384 e. The highest BCUT2D eigenvalue weighted by Gasteiger charge is 2.04. The molecule has 5 nitrogen and oxygen atoms in total. The maximum atomic E-state index is 5.58. The molecule has 0 aliphatic carbocycles. The van der Waals surface area contributed by atoms with Crippen LogP contribution in [0.1, 0.15) is 19.5 Å². The highest BCUT2D eigenvalue weighted by atomic mass is 15.3. The van der Waals surface area contributed by atoms with Gasteiger partial charge in [-0.15, -0.1) is 0 Å². The van der Waals surface area contributed by atoms with Gasteiger partial charge in [0.2, 0.25) is 0 Å². The van der Waals surface area contributed by atoms with Crippen LogP contribution >= 0.6 is 0 Å². The van der Waals surface area contributed by atoms with Crippen LogP contribution in [0.3, 0.4) is 0 Å². The zero-order chi connectivity index (χ0) is 11.3. The van der Waals surface area contributed by atoms with Crippen molar-refractivity contribution in [2.75, 3.05) is 5.73 Å². The Labute approximate surface area is 89.1 Å². The summed E-state index contributed by atoms with van der Waals surface area (Å²) in [5, 5.41) is 3.58. The predicted octanol–water partition coefficient (Wildman–Crippen LogP) is 1.02. The fourth-order valence-corrected chi connectivity index (χ4v) is 1.07. The first-order valence-electron chi connectivity index (χ1n) is 4.66. The Bertz CT molecular complexity index is 370. The van der Waals surface area contributed by atoms with Crippen LogP contribution in [0.2, 0.25) is 0 Å². The number of rotatable bonds is 3. The van der Waals surface area contributed by atoms with E-state index in [0.29, 0.717) is 17.3 Å². The van der Waals surface area contributed by atoms with Gasteiger partial charge in [0.15, 0.2) is 5.84 Å². The van der Waals surface area contributed by atoms with E-state index >= 15 is 0 Å². The second kappa shape index (κ2) is 5.09. The van der Waals surface area contributed by atoms with E-state index in [1.54, 1.807) is 6.07 Å². The Morgan fingerprint density at radius 3 is 2.80 bits per heavy atom. The smallest absolute Gasteiger partial charge is 0.168 e. The number of nitrogens with two attached hydrogens (primary N) is 1. The third-order valence-corrected chi connectivity index (χ3v) is 1.59. The van der Waals surface area contributed by atoms with Crippen LogP contribution in [0.4, 0.5) is 5.82 Å². The van der Waals surface area contributed by atoms with Crippen LogP contribution < -0.4 is 11.2 Å². The third kappa shape index (κ3) is 3.38. The number of hydrazone groups is 1. The monoisotopic (exact) mass is 205 g/mol. The van der Waals surface area contributed by atoms with Crippen LogP contribution in [-0.2, 0) is 0 Å². The van der Waals surface area contributed by atoms with Gasteiger partial charge in [0, 0.05) is 12.8 Å². The molecule has 0 aliphatic heterocycles. The lowest BCUT2D eigenvalue weighted by atomic mass is 10.3. The van der Waals surface area contributed by atoms with Crippen molar-refractivity contribution in [2.45, 2.75) is 19.9 Å². The van der Waals surface area contributed by atoms with E-state index in [4.69, 9.17) is 5.73 Å². The van der Waals surface area contributed by atoms with E-state index in [9.17, 15) is 0 Å². The lowest BCUT2D eigenvalue weighted by Crippen LogP contribution is -2.21. The second-order valence-corrected chi connectivity index (χ2v) is 3.29. The first-order chi connectivity index (χ1) is 7.13. The molecule has 1 rings (SSSR count). The van der Waals surface area contributed by atoms with E-state index in [1.165, 1.54) is 0 Å². The number of nitrogens with one attached hydrogen (secondary N) is 1. The lowest BCUT2D eigenvalue weighted by molar-refractivity contribution is 0.819. The van der Waals surface area contributed by atoms with Gasteiger partial charge in [-0.25, -0.2) is 4.98 Å². The summed E-state index contributed by atoms with van der Waals surface area (Å²) in [6.45, 7) is 7.29. The van der Waals surface area contributed by atoms with E-state index < -0.39 is 0 Å². The van der Waals surface area contributed by atoms with Crippen molar-refractivity contribution < 1.29 is 0 Å². The van der Waals surface area contributed by atoms with Gasteiger partial charge in [-0.2, -0.15) is 5.10 Å².